The van der Waals surface area contributed by atoms with Gasteiger partial charge in [-0.2, -0.15) is 0 Å². The third-order valence-corrected chi connectivity index (χ3v) is 2.10. The second-order valence-electron chi connectivity index (χ2n) is 2.86. The molecule has 0 aliphatic rings. The summed E-state index contributed by atoms with van der Waals surface area (Å²) in [6.07, 6.45) is -5.81. The summed E-state index contributed by atoms with van der Waals surface area (Å²) in [5.74, 6) is -0.973. The molecule has 0 aliphatic carbocycles. The molecule has 0 spiro atoms. The molecule has 0 heterocycles. The van der Waals surface area contributed by atoms with Crippen LogP contribution in [0.1, 0.15) is 0 Å². The fraction of sp³-hybridized carbons (Fsp3) is 0.833. The molecule has 96 valence electrons. The number of aliphatic hydroxyl groups is 3. The van der Waals surface area contributed by atoms with E-state index in [0.29, 0.717) is 0 Å². The fourth-order valence-electron chi connectivity index (χ4n) is 0.780. The third-order valence-electron chi connectivity index (χ3n) is 1.64. The second-order valence-corrected chi connectivity index (χ2v) is 4.01. The van der Waals surface area contributed by atoms with Crippen LogP contribution in [-0.2, 0) is 13.9 Å². The molecule has 0 aromatic heterocycles. The Bertz CT molecular complexity index is 287. The number of nitrogens with one attached hydrogen (secondary N) is 1. The molecule has 4 N–H and O–H groups in total. The Morgan fingerprint density at radius 2 is 1.78 bits per heavy atom. The monoisotopic (exact) mass is 303 g/mol. The van der Waals surface area contributed by atoms with Gasteiger partial charge >= 0.3 is 59.1 Å². The Kier molecular flexibility index (Phi) is 15.2. The van der Waals surface area contributed by atoms with Crippen LogP contribution in [0.25, 0.3) is 0 Å². The molecule has 0 unspecified atom stereocenters. The molecule has 0 rings (SSSR count). The number of hydrogen-bond acceptors (Lipinski definition) is 8. The molecule has 1 amide bonds. The molecule has 0 bridgehead atoms. The van der Waals surface area contributed by atoms with Crippen molar-refractivity contribution in [1.82, 2.24) is 5.32 Å². The number of phosphoric acid groups is 1. The van der Waals surface area contributed by atoms with Crippen molar-refractivity contribution in [2.24, 2.45) is 0 Å². The van der Waals surface area contributed by atoms with Gasteiger partial charge in [0, 0.05) is 7.05 Å². The molecule has 0 radical (unpaired) electrons. The number of aliphatic hydroxyl groups excluding tert-OH is 3. The van der Waals surface area contributed by atoms with E-state index in [1.54, 1.807) is 0 Å². The molecule has 0 aromatic carbocycles. The quantitative estimate of drug-likeness (QED) is 0.277. The molecule has 3 atom stereocenters. The molecule has 0 saturated carbocycles. The summed E-state index contributed by atoms with van der Waals surface area (Å²) < 4.78 is 13.7. The van der Waals surface area contributed by atoms with E-state index in [9.17, 15) is 19.1 Å². The summed E-state index contributed by atoms with van der Waals surface area (Å²) in [5.41, 5.74) is 0. The average Bonchev–Trinajstić information content (AvgIpc) is 2.21. The largest absolute Gasteiger partial charge is 1.00 e. The first-order chi connectivity index (χ1) is 7.19. The SMILES string of the molecule is CNC(=O)[C@H](O)[C@H](O)[C@H](O)COP(=O)([O-])[O-].[Na+].[Na+]. The normalized spacial score (nSPS) is 15.7. The van der Waals surface area contributed by atoms with E-state index in [1.807, 2.05) is 5.32 Å². The fourth-order valence-corrected chi connectivity index (χ4v) is 1.11. The Morgan fingerprint density at radius 1 is 1.33 bits per heavy atom. The van der Waals surface area contributed by atoms with E-state index in [4.69, 9.17) is 15.3 Å². The van der Waals surface area contributed by atoms with Crippen molar-refractivity contribution in [2.75, 3.05) is 13.7 Å². The summed E-state index contributed by atoms with van der Waals surface area (Å²) >= 11 is 0. The number of carbonyl (C=O) groups excluding carboxylic acids is 1. The van der Waals surface area contributed by atoms with Crippen LogP contribution in [0.15, 0.2) is 0 Å². The van der Waals surface area contributed by atoms with Crippen LogP contribution in [-0.4, -0.2) is 53.2 Å². The van der Waals surface area contributed by atoms with Gasteiger partial charge in [-0.1, -0.05) is 0 Å². The van der Waals surface area contributed by atoms with E-state index < -0.39 is 38.6 Å². The third kappa shape index (κ3) is 10.3. The van der Waals surface area contributed by atoms with Gasteiger partial charge in [0.2, 0.25) is 0 Å². The summed E-state index contributed by atoms with van der Waals surface area (Å²) in [6, 6.07) is 0. The maximum absolute atomic E-state index is 10.8. The molecule has 0 aliphatic heterocycles. The zero-order valence-electron chi connectivity index (χ0n) is 10.3. The number of amides is 1. The number of phosphoric ester groups is 1. The molecule has 0 saturated heterocycles. The van der Waals surface area contributed by atoms with Crippen molar-refractivity contribution in [3.63, 3.8) is 0 Å². The smallest absolute Gasteiger partial charge is 0.790 e. The minimum absolute atomic E-state index is 0. The Labute approximate surface area is 148 Å². The van der Waals surface area contributed by atoms with Gasteiger partial charge in [-0.3, -0.25) is 4.79 Å². The predicted octanol–water partition coefficient (Wildman–Crippen LogP) is -10.3. The van der Waals surface area contributed by atoms with Crippen LogP contribution in [0.4, 0.5) is 0 Å². The molecule has 0 aromatic rings. The maximum atomic E-state index is 10.8. The first-order valence-corrected chi connectivity index (χ1v) is 5.57. The van der Waals surface area contributed by atoms with Crippen LogP contribution in [0, 0.1) is 0 Å². The first kappa shape index (κ1) is 24.5. The van der Waals surface area contributed by atoms with Gasteiger partial charge in [0.05, 0.1) is 14.4 Å². The van der Waals surface area contributed by atoms with Gasteiger partial charge in [0.25, 0.3) is 5.91 Å². The second kappa shape index (κ2) is 11.2. The average molecular weight is 303 g/mol. The zero-order valence-corrected chi connectivity index (χ0v) is 15.2. The van der Waals surface area contributed by atoms with Gasteiger partial charge in [-0.05, 0) is 0 Å². The van der Waals surface area contributed by atoms with Crippen molar-refractivity contribution in [1.29, 1.82) is 0 Å². The van der Waals surface area contributed by atoms with E-state index >= 15 is 0 Å². The molecular weight excluding hydrogens is 291 g/mol. The van der Waals surface area contributed by atoms with Crippen LogP contribution >= 0.6 is 7.82 Å². The van der Waals surface area contributed by atoms with Crippen molar-refractivity contribution in [3.8, 4) is 0 Å². The standard InChI is InChI=1S/C6H14NO8P.2Na/c1-7-6(11)5(10)4(9)3(8)2-15-16(12,13)14;;/h3-5,8-10H,2H2,1H3,(H,7,11)(H2,12,13,14);;/q;2*+1/p-2/t3-,4-,5-;;/m1../s1. The minimum atomic E-state index is -5.27. The molecule has 0 fully saturated rings. The molecular formula is C6H12NNa2O8P. The molecule has 18 heavy (non-hydrogen) atoms. The summed E-state index contributed by atoms with van der Waals surface area (Å²) in [7, 11) is -4.09. The van der Waals surface area contributed by atoms with Crippen molar-refractivity contribution < 1.29 is 98.1 Å². The number of hydrogen-bond donors (Lipinski definition) is 4. The Balaban J connectivity index is -0.00000112. The van der Waals surface area contributed by atoms with Crippen molar-refractivity contribution in [2.45, 2.75) is 18.3 Å². The van der Waals surface area contributed by atoms with E-state index in [2.05, 4.69) is 4.52 Å². The van der Waals surface area contributed by atoms with Gasteiger partial charge < -0.3 is 39.5 Å². The van der Waals surface area contributed by atoms with Crippen molar-refractivity contribution >= 4 is 13.7 Å². The topological polar surface area (TPSA) is 162 Å². The zero-order chi connectivity index (χ0) is 12.9. The summed E-state index contributed by atoms with van der Waals surface area (Å²) in [6.45, 7) is -1.04. The number of rotatable bonds is 6. The van der Waals surface area contributed by atoms with Crippen LogP contribution in [0.5, 0.6) is 0 Å². The Morgan fingerprint density at radius 3 is 2.11 bits per heavy atom. The molecule has 12 heteroatoms. The Hall–Kier alpha value is 1.46. The van der Waals surface area contributed by atoms with Crippen LogP contribution < -0.4 is 74.2 Å². The van der Waals surface area contributed by atoms with Crippen LogP contribution in [0.3, 0.4) is 0 Å². The van der Waals surface area contributed by atoms with Gasteiger partial charge in [-0.15, -0.1) is 0 Å². The van der Waals surface area contributed by atoms with E-state index in [-0.39, 0.29) is 59.1 Å². The predicted molar refractivity (Wildman–Crippen MR) is 45.6 cm³/mol. The van der Waals surface area contributed by atoms with Crippen molar-refractivity contribution in [3.05, 3.63) is 0 Å². The number of carbonyl (C=O) groups is 1. The van der Waals surface area contributed by atoms with E-state index in [1.165, 1.54) is 7.05 Å². The van der Waals surface area contributed by atoms with Gasteiger partial charge in [0.1, 0.15) is 12.2 Å². The maximum Gasteiger partial charge on any atom is 1.00 e. The van der Waals surface area contributed by atoms with Crippen LogP contribution in [0.2, 0.25) is 0 Å². The van der Waals surface area contributed by atoms with E-state index in [0.717, 1.165) is 0 Å². The summed E-state index contributed by atoms with van der Waals surface area (Å²) in [5, 5.41) is 29.3. The van der Waals surface area contributed by atoms with Gasteiger partial charge in [-0.25, -0.2) is 0 Å². The first-order valence-electron chi connectivity index (χ1n) is 4.11. The minimum Gasteiger partial charge on any atom is -0.790 e. The number of likely N-dealkylation sites (N-methyl/N-ethyl adjacent to an activating group) is 1. The summed E-state index contributed by atoms with van der Waals surface area (Å²) in [4.78, 5) is 30.9. The van der Waals surface area contributed by atoms with Gasteiger partial charge in [0.15, 0.2) is 6.10 Å². The molecule has 9 nitrogen and oxygen atoms in total.